The standard InChI is InChI=1S/C16H22N4O4S/c1-11-5-7-13(8-6-11)25(23,24)20(4)16-14(10-18-19(16)3)15(22)17-9-12(2)21/h5-8,10,12,21H,9H2,1-4H3,(H,17,22). The van der Waals surface area contributed by atoms with Crippen molar-refractivity contribution in [1.29, 1.82) is 0 Å². The van der Waals surface area contributed by atoms with Gasteiger partial charge in [-0.1, -0.05) is 17.7 Å². The predicted molar refractivity (Wildman–Crippen MR) is 94.0 cm³/mol. The van der Waals surface area contributed by atoms with Crippen LogP contribution in [0.4, 0.5) is 5.82 Å². The van der Waals surface area contributed by atoms with Gasteiger partial charge in [-0.25, -0.2) is 8.42 Å². The van der Waals surface area contributed by atoms with Gasteiger partial charge in [0.1, 0.15) is 5.56 Å². The molecule has 2 N–H and O–H groups in total. The Morgan fingerprint density at radius 3 is 2.52 bits per heavy atom. The van der Waals surface area contributed by atoms with Crippen molar-refractivity contribution >= 4 is 21.7 Å². The third-order valence-electron chi connectivity index (χ3n) is 3.69. The maximum Gasteiger partial charge on any atom is 0.265 e. The van der Waals surface area contributed by atoms with Crippen molar-refractivity contribution < 1.29 is 18.3 Å². The molecule has 1 aromatic carbocycles. The number of nitrogens with one attached hydrogen (secondary N) is 1. The average Bonchev–Trinajstić information content (AvgIpc) is 2.93. The fourth-order valence-electron chi connectivity index (χ4n) is 2.28. The molecule has 2 aromatic rings. The van der Waals surface area contributed by atoms with Crippen LogP contribution < -0.4 is 9.62 Å². The Labute approximate surface area is 147 Å². The zero-order chi connectivity index (χ0) is 18.8. The van der Waals surface area contributed by atoms with E-state index in [9.17, 15) is 18.3 Å². The lowest BCUT2D eigenvalue weighted by molar-refractivity contribution is 0.0924. The number of aliphatic hydroxyl groups is 1. The van der Waals surface area contributed by atoms with Gasteiger partial charge in [-0.15, -0.1) is 0 Å². The summed E-state index contributed by atoms with van der Waals surface area (Å²) in [4.78, 5) is 12.4. The maximum absolute atomic E-state index is 12.8. The first-order valence-corrected chi connectivity index (χ1v) is 9.12. The van der Waals surface area contributed by atoms with Gasteiger partial charge >= 0.3 is 0 Å². The number of aliphatic hydroxyl groups excluding tert-OH is 1. The van der Waals surface area contributed by atoms with Gasteiger partial charge in [-0.3, -0.25) is 13.8 Å². The van der Waals surface area contributed by atoms with E-state index in [1.165, 1.54) is 30.1 Å². The van der Waals surface area contributed by atoms with Gasteiger partial charge in [-0.05, 0) is 26.0 Å². The minimum Gasteiger partial charge on any atom is -0.392 e. The topological polar surface area (TPSA) is 105 Å². The second-order valence-corrected chi connectivity index (χ2v) is 7.82. The molecule has 1 unspecified atom stereocenters. The summed E-state index contributed by atoms with van der Waals surface area (Å²) in [6.07, 6.45) is 0.589. The highest BCUT2D eigenvalue weighted by atomic mass is 32.2. The molecule has 9 heteroatoms. The van der Waals surface area contributed by atoms with E-state index in [2.05, 4.69) is 10.4 Å². The van der Waals surface area contributed by atoms with Crippen LogP contribution in [0.3, 0.4) is 0 Å². The van der Waals surface area contributed by atoms with Gasteiger partial charge in [0.15, 0.2) is 5.82 Å². The number of carbonyl (C=O) groups is 1. The van der Waals surface area contributed by atoms with Crippen LogP contribution in [0.1, 0.15) is 22.8 Å². The molecule has 0 saturated carbocycles. The SMILES string of the molecule is Cc1ccc(S(=O)(=O)N(C)c2c(C(=O)NCC(C)O)cnn2C)cc1. The predicted octanol–water partition coefficient (Wildman–Crippen LogP) is 0.664. The number of hydrogen-bond donors (Lipinski definition) is 2. The largest absolute Gasteiger partial charge is 0.392 e. The highest BCUT2D eigenvalue weighted by Gasteiger charge is 2.28. The lowest BCUT2D eigenvalue weighted by atomic mass is 10.2. The summed E-state index contributed by atoms with van der Waals surface area (Å²) in [6, 6.07) is 6.45. The van der Waals surface area contributed by atoms with Crippen LogP contribution in [-0.2, 0) is 17.1 Å². The molecule has 1 aromatic heterocycles. The Balaban J connectivity index is 2.39. The second kappa shape index (κ2) is 7.24. The average molecular weight is 366 g/mol. The Hall–Kier alpha value is -2.39. The molecule has 25 heavy (non-hydrogen) atoms. The highest BCUT2D eigenvalue weighted by Crippen LogP contribution is 2.25. The first-order valence-electron chi connectivity index (χ1n) is 7.68. The minimum absolute atomic E-state index is 0.0571. The lowest BCUT2D eigenvalue weighted by Crippen LogP contribution is -2.34. The summed E-state index contributed by atoms with van der Waals surface area (Å²) in [5, 5.41) is 15.8. The van der Waals surface area contributed by atoms with Crippen molar-refractivity contribution in [2.75, 3.05) is 17.9 Å². The zero-order valence-electron chi connectivity index (χ0n) is 14.6. The monoisotopic (exact) mass is 366 g/mol. The summed E-state index contributed by atoms with van der Waals surface area (Å²) in [6.45, 7) is 3.46. The Bertz CT molecular complexity index is 857. The number of carbonyl (C=O) groups excluding carboxylic acids is 1. The van der Waals surface area contributed by atoms with Crippen LogP contribution in [0.15, 0.2) is 35.4 Å². The second-order valence-electron chi connectivity index (χ2n) is 5.85. The summed E-state index contributed by atoms with van der Waals surface area (Å²) < 4.78 is 28.0. The molecule has 0 fully saturated rings. The molecule has 0 bridgehead atoms. The highest BCUT2D eigenvalue weighted by molar-refractivity contribution is 7.92. The molecule has 0 aliphatic carbocycles. The molecule has 1 amide bonds. The number of amides is 1. The van der Waals surface area contributed by atoms with Crippen LogP contribution in [-0.4, -0.2) is 48.9 Å². The molecule has 0 aliphatic heterocycles. The van der Waals surface area contributed by atoms with Crippen molar-refractivity contribution in [3.8, 4) is 0 Å². The fraction of sp³-hybridized carbons (Fsp3) is 0.375. The van der Waals surface area contributed by atoms with Crippen molar-refractivity contribution in [1.82, 2.24) is 15.1 Å². The number of anilines is 1. The molecule has 0 saturated heterocycles. The van der Waals surface area contributed by atoms with Crippen LogP contribution in [0.2, 0.25) is 0 Å². The number of aryl methyl sites for hydroxylation is 2. The summed E-state index contributed by atoms with van der Waals surface area (Å²) in [5.41, 5.74) is 1.06. The quantitative estimate of drug-likeness (QED) is 0.782. The number of hydrogen-bond acceptors (Lipinski definition) is 5. The number of aromatic nitrogens is 2. The van der Waals surface area contributed by atoms with Crippen molar-refractivity contribution in [2.24, 2.45) is 7.05 Å². The van der Waals surface area contributed by atoms with Crippen LogP contribution in [0, 0.1) is 6.92 Å². The molecular formula is C16H22N4O4S. The smallest absolute Gasteiger partial charge is 0.265 e. The molecule has 2 rings (SSSR count). The van der Waals surface area contributed by atoms with Crippen LogP contribution in [0.25, 0.3) is 0 Å². The van der Waals surface area contributed by atoms with E-state index >= 15 is 0 Å². The van der Waals surface area contributed by atoms with E-state index in [1.54, 1.807) is 26.1 Å². The number of benzene rings is 1. The lowest BCUT2D eigenvalue weighted by Gasteiger charge is -2.21. The van der Waals surface area contributed by atoms with Gasteiger partial charge in [0.25, 0.3) is 15.9 Å². The summed E-state index contributed by atoms with van der Waals surface area (Å²) >= 11 is 0. The van der Waals surface area contributed by atoms with Crippen molar-refractivity contribution in [3.63, 3.8) is 0 Å². The number of sulfonamides is 1. The third-order valence-corrected chi connectivity index (χ3v) is 5.45. The molecule has 0 radical (unpaired) electrons. The molecule has 1 atom stereocenters. The van der Waals surface area contributed by atoms with Crippen molar-refractivity contribution in [2.45, 2.75) is 24.8 Å². The van der Waals surface area contributed by atoms with Crippen LogP contribution >= 0.6 is 0 Å². The molecule has 136 valence electrons. The Morgan fingerprint density at radius 1 is 1.36 bits per heavy atom. The Kier molecular flexibility index (Phi) is 5.48. The van der Waals surface area contributed by atoms with E-state index in [1.807, 2.05) is 6.92 Å². The Morgan fingerprint density at radius 2 is 1.96 bits per heavy atom. The van der Waals surface area contributed by atoms with Crippen LogP contribution in [0.5, 0.6) is 0 Å². The van der Waals surface area contributed by atoms with E-state index in [-0.39, 0.29) is 22.8 Å². The van der Waals surface area contributed by atoms with Gasteiger partial charge in [0.05, 0.1) is 17.2 Å². The number of nitrogens with zero attached hydrogens (tertiary/aromatic N) is 3. The van der Waals surface area contributed by atoms with Crippen molar-refractivity contribution in [3.05, 3.63) is 41.6 Å². The maximum atomic E-state index is 12.8. The summed E-state index contributed by atoms with van der Waals surface area (Å²) in [7, 11) is -0.915. The molecule has 0 aliphatic rings. The zero-order valence-corrected chi connectivity index (χ0v) is 15.4. The van der Waals surface area contributed by atoms with E-state index in [4.69, 9.17) is 0 Å². The molecular weight excluding hydrogens is 344 g/mol. The van der Waals surface area contributed by atoms with E-state index in [0.717, 1.165) is 9.87 Å². The summed E-state index contributed by atoms with van der Waals surface area (Å²) in [5.74, 6) is -0.362. The fourth-order valence-corrected chi connectivity index (χ4v) is 3.52. The van der Waals surface area contributed by atoms with E-state index in [0.29, 0.717) is 0 Å². The number of rotatable bonds is 6. The molecule has 8 nitrogen and oxygen atoms in total. The van der Waals surface area contributed by atoms with Gasteiger partial charge in [-0.2, -0.15) is 5.10 Å². The third kappa shape index (κ3) is 3.99. The van der Waals surface area contributed by atoms with E-state index < -0.39 is 22.0 Å². The molecule has 0 spiro atoms. The first kappa shape index (κ1) is 18.9. The van der Waals surface area contributed by atoms with Gasteiger partial charge in [0.2, 0.25) is 0 Å². The normalized spacial score (nSPS) is 12.7. The van der Waals surface area contributed by atoms with Gasteiger partial charge in [0, 0.05) is 20.6 Å². The van der Waals surface area contributed by atoms with Gasteiger partial charge < -0.3 is 10.4 Å². The minimum atomic E-state index is -3.85. The first-order chi connectivity index (χ1) is 11.6. The molecule has 1 heterocycles.